The van der Waals surface area contributed by atoms with Gasteiger partial charge in [-0.25, -0.2) is 0 Å². The number of carbonyl (C=O) groups is 2. The Morgan fingerprint density at radius 1 is 0.964 bits per heavy atom. The Kier molecular flexibility index (Phi) is 8.79. The molecular weight excluding hydrogens is 354 g/mol. The SMILES string of the molecule is CCCCCc1ccc(CCc2ccc(C(=O)N[C@@H](CC)CC(=O)O)o2)cc1. The van der Waals surface area contributed by atoms with Gasteiger partial charge in [-0.1, -0.05) is 51.0 Å². The molecule has 0 saturated carbocycles. The number of benzene rings is 1. The molecule has 0 unspecified atom stereocenters. The standard InChI is InChI=1S/C23H31NO4/c1-3-5-6-7-17-8-10-18(11-9-17)12-13-20-14-15-21(28-20)23(27)24-19(4-2)16-22(25)26/h8-11,14-15,19H,3-7,12-13,16H2,1-2H3,(H,24,27)(H,25,26)/t19-/m0/s1. The van der Waals surface area contributed by atoms with Gasteiger partial charge in [0.15, 0.2) is 5.76 Å². The van der Waals surface area contributed by atoms with Crippen LogP contribution in [0.25, 0.3) is 0 Å². The van der Waals surface area contributed by atoms with Gasteiger partial charge in [-0.2, -0.15) is 0 Å². The van der Waals surface area contributed by atoms with Crippen LogP contribution in [-0.4, -0.2) is 23.0 Å². The number of rotatable bonds is 12. The van der Waals surface area contributed by atoms with Gasteiger partial charge in [0.05, 0.1) is 6.42 Å². The highest BCUT2D eigenvalue weighted by Crippen LogP contribution is 2.14. The van der Waals surface area contributed by atoms with Crippen molar-refractivity contribution < 1.29 is 19.1 Å². The molecule has 1 heterocycles. The van der Waals surface area contributed by atoms with Gasteiger partial charge < -0.3 is 14.8 Å². The van der Waals surface area contributed by atoms with E-state index < -0.39 is 12.0 Å². The molecule has 1 aromatic heterocycles. The fraction of sp³-hybridized carbons (Fsp3) is 0.478. The number of amides is 1. The van der Waals surface area contributed by atoms with E-state index in [4.69, 9.17) is 9.52 Å². The van der Waals surface area contributed by atoms with Crippen molar-refractivity contribution in [1.29, 1.82) is 0 Å². The maximum absolute atomic E-state index is 12.2. The minimum absolute atomic E-state index is 0.0930. The maximum atomic E-state index is 12.2. The van der Waals surface area contributed by atoms with Crippen LogP contribution in [0.2, 0.25) is 0 Å². The van der Waals surface area contributed by atoms with Gasteiger partial charge in [-0.15, -0.1) is 0 Å². The zero-order valence-corrected chi connectivity index (χ0v) is 16.9. The summed E-state index contributed by atoms with van der Waals surface area (Å²) in [4.78, 5) is 23.1. The first-order valence-corrected chi connectivity index (χ1v) is 10.2. The molecule has 0 aliphatic rings. The van der Waals surface area contributed by atoms with Crippen LogP contribution in [0.4, 0.5) is 0 Å². The number of hydrogen-bond acceptors (Lipinski definition) is 3. The Balaban J connectivity index is 1.83. The summed E-state index contributed by atoms with van der Waals surface area (Å²) < 4.78 is 5.65. The van der Waals surface area contributed by atoms with Crippen molar-refractivity contribution in [3.05, 3.63) is 59.0 Å². The van der Waals surface area contributed by atoms with Crippen molar-refractivity contribution in [3.63, 3.8) is 0 Å². The van der Waals surface area contributed by atoms with Crippen molar-refractivity contribution >= 4 is 11.9 Å². The Morgan fingerprint density at radius 3 is 2.25 bits per heavy atom. The molecular formula is C23H31NO4. The van der Waals surface area contributed by atoms with Gasteiger partial charge >= 0.3 is 5.97 Å². The molecule has 5 heteroatoms. The van der Waals surface area contributed by atoms with Crippen molar-refractivity contribution in [3.8, 4) is 0 Å². The Morgan fingerprint density at radius 2 is 1.64 bits per heavy atom. The molecule has 1 atom stereocenters. The predicted octanol–water partition coefficient (Wildman–Crippen LogP) is 4.78. The number of unbranched alkanes of at least 4 members (excludes halogenated alkanes) is 2. The number of furan rings is 1. The first-order valence-electron chi connectivity index (χ1n) is 10.2. The lowest BCUT2D eigenvalue weighted by Gasteiger charge is -2.13. The van der Waals surface area contributed by atoms with Crippen LogP contribution in [0.5, 0.6) is 0 Å². The second-order valence-corrected chi connectivity index (χ2v) is 7.22. The summed E-state index contributed by atoms with van der Waals surface area (Å²) in [5.41, 5.74) is 2.62. The molecule has 1 amide bonds. The Labute approximate surface area is 167 Å². The summed E-state index contributed by atoms with van der Waals surface area (Å²) in [6, 6.07) is 11.8. The van der Waals surface area contributed by atoms with Crippen LogP contribution in [0.1, 0.15) is 73.4 Å². The average Bonchev–Trinajstić information content (AvgIpc) is 3.16. The van der Waals surface area contributed by atoms with E-state index in [0.29, 0.717) is 6.42 Å². The van der Waals surface area contributed by atoms with E-state index in [1.54, 1.807) is 6.07 Å². The van der Waals surface area contributed by atoms with Crippen LogP contribution in [0.15, 0.2) is 40.8 Å². The van der Waals surface area contributed by atoms with E-state index in [9.17, 15) is 9.59 Å². The van der Waals surface area contributed by atoms with Crippen molar-refractivity contribution in [2.45, 2.75) is 71.3 Å². The van der Waals surface area contributed by atoms with Crippen LogP contribution in [0.3, 0.4) is 0 Å². The van der Waals surface area contributed by atoms with Crippen LogP contribution < -0.4 is 5.32 Å². The molecule has 2 aromatic rings. The zero-order chi connectivity index (χ0) is 20.4. The minimum atomic E-state index is -0.927. The number of aryl methyl sites for hydroxylation is 3. The first kappa shape index (κ1) is 21.7. The summed E-state index contributed by atoms with van der Waals surface area (Å²) in [5.74, 6) is -0.312. The monoisotopic (exact) mass is 385 g/mol. The smallest absolute Gasteiger partial charge is 0.305 e. The zero-order valence-electron chi connectivity index (χ0n) is 16.9. The normalized spacial score (nSPS) is 11.9. The molecule has 152 valence electrons. The van der Waals surface area contributed by atoms with Crippen molar-refractivity contribution in [2.24, 2.45) is 0 Å². The van der Waals surface area contributed by atoms with Gasteiger partial charge in [-0.05, 0) is 48.9 Å². The molecule has 1 aromatic carbocycles. The molecule has 2 N–H and O–H groups in total. The number of aliphatic carboxylic acids is 1. The minimum Gasteiger partial charge on any atom is -0.481 e. The van der Waals surface area contributed by atoms with Crippen molar-refractivity contribution in [1.82, 2.24) is 5.32 Å². The third kappa shape index (κ3) is 7.22. The van der Waals surface area contributed by atoms with Crippen LogP contribution in [-0.2, 0) is 24.1 Å². The fourth-order valence-electron chi connectivity index (χ4n) is 3.12. The highest BCUT2D eigenvalue weighted by molar-refractivity contribution is 5.92. The predicted molar refractivity (Wildman–Crippen MR) is 110 cm³/mol. The topological polar surface area (TPSA) is 79.5 Å². The van der Waals surface area contributed by atoms with E-state index >= 15 is 0 Å². The lowest BCUT2D eigenvalue weighted by atomic mass is 10.0. The van der Waals surface area contributed by atoms with E-state index in [2.05, 4.69) is 36.5 Å². The number of nitrogens with one attached hydrogen (secondary N) is 1. The Hall–Kier alpha value is -2.56. The third-order valence-corrected chi connectivity index (χ3v) is 4.89. The van der Waals surface area contributed by atoms with E-state index in [-0.39, 0.29) is 18.1 Å². The fourth-order valence-corrected chi connectivity index (χ4v) is 3.12. The molecule has 0 radical (unpaired) electrons. The second kappa shape index (κ2) is 11.3. The summed E-state index contributed by atoms with van der Waals surface area (Å²) in [7, 11) is 0. The first-order chi connectivity index (χ1) is 13.5. The number of carbonyl (C=O) groups excluding carboxylic acids is 1. The van der Waals surface area contributed by atoms with E-state index in [1.807, 2.05) is 13.0 Å². The molecule has 0 bridgehead atoms. The van der Waals surface area contributed by atoms with Crippen LogP contribution in [0, 0.1) is 0 Å². The molecule has 0 aliphatic carbocycles. The van der Waals surface area contributed by atoms with Gasteiger partial charge in [-0.3, -0.25) is 9.59 Å². The molecule has 0 fully saturated rings. The van der Waals surface area contributed by atoms with Crippen molar-refractivity contribution in [2.75, 3.05) is 0 Å². The highest BCUT2D eigenvalue weighted by Gasteiger charge is 2.17. The third-order valence-electron chi connectivity index (χ3n) is 4.89. The quantitative estimate of drug-likeness (QED) is 0.515. The lowest BCUT2D eigenvalue weighted by Crippen LogP contribution is -2.35. The summed E-state index contributed by atoms with van der Waals surface area (Å²) in [6.45, 7) is 4.06. The summed E-state index contributed by atoms with van der Waals surface area (Å²) in [6.07, 6.45) is 6.90. The highest BCUT2D eigenvalue weighted by atomic mass is 16.4. The summed E-state index contributed by atoms with van der Waals surface area (Å²) >= 11 is 0. The molecule has 0 spiro atoms. The number of carboxylic acid groups (broad SMARTS) is 1. The van der Waals surface area contributed by atoms with E-state index in [1.165, 1.54) is 30.4 Å². The molecule has 5 nitrogen and oxygen atoms in total. The lowest BCUT2D eigenvalue weighted by molar-refractivity contribution is -0.137. The molecule has 2 rings (SSSR count). The largest absolute Gasteiger partial charge is 0.481 e. The number of hydrogen-bond donors (Lipinski definition) is 2. The van der Waals surface area contributed by atoms with E-state index in [0.717, 1.165) is 25.0 Å². The van der Waals surface area contributed by atoms with Crippen LogP contribution >= 0.6 is 0 Å². The number of carboxylic acids is 1. The van der Waals surface area contributed by atoms with Gasteiger partial charge in [0.2, 0.25) is 0 Å². The summed E-state index contributed by atoms with van der Waals surface area (Å²) in [5, 5.41) is 11.6. The Bertz CT molecular complexity index is 748. The molecule has 0 aliphatic heterocycles. The maximum Gasteiger partial charge on any atom is 0.305 e. The van der Waals surface area contributed by atoms with Gasteiger partial charge in [0.25, 0.3) is 5.91 Å². The molecule has 28 heavy (non-hydrogen) atoms. The average molecular weight is 386 g/mol. The van der Waals surface area contributed by atoms with Gasteiger partial charge in [0.1, 0.15) is 5.76 Å². The second-order valence-electron chi connectivity index (χ2n) is 7.22. The van der Waals surface area contributed by atoms with Gasteiger partial charge in [0, 0.05) is 12.5 Å². The molecule has 0 saturated heterocycles.